The van der Waals surface area contributed by atoms with E-state index in [2.05, 4.69) is 10.1 Å². The minimum atomic E-state index is -4.78. The number of carbonyl (C=O) groups is 2. The first kappa shape index (κ1) is 16.9. The Morgan fingerprint density at radius 1 is 1.22 bits per heavy atom. The Labute approximate surface area is 129 Å². The summed E-state index contributed by atoms with van der Waals surface area (Å²) in [5, 5.41) is 11.5. The van der Waals surface area contributed by atoms with Gasteiger partial charge < -0.3 is 15.2 Å². The largest absolute Gasteiger partial charge is 0.573 e. The van der Waals surface area contributed by atoms with Crippen molar-refractivity contribution >= 4 is 11.9 Å². The Hall–Kier alpha value is -2.51. The predicted octanol–water partition coefficient (Wildman–Crippen LogP) is 2.77. The topological polar surface area (TPSA) is 75.6 Å². The van der Waals surface area contributed by atoms with Crippen molar-refractivity contribution in [3.8, 4) is 5.75 Å². The molecule has 2 N–H and O–H groups in total. The van der Waals surface area contributed by atoms with Crippen molar-refractivity contribution in [1.29, 1.82) is 0 Å². The molecular weight excluding hydrogens is 315 g/mol. The number of aliphatic carboxylic acids is 1. The lowest BCUT2D eigenvalue weighted by Crippen LogP contribution is -2.25. The summed E-state index contributed by atoms with van der Waals surface area (Å²) in [7, 11) is 0. The fourth-order valence-corrected chi connectivity index (χ4v) is 2.37. The molecule has 0 saturated carbocycles. The van der Waals surface area contributed by atoms with Crippen LogP contribution in [0.25, 0.3) is 0 Å². The van der Waals surface area contributed by atoms with Crippen LogP contribution < -0.4 is 10.1 Å². The summed E-state index contributed by atoms with van der Waals surface area (Å²) in [6.07, 6.45) is -3.47. The number of rotatable bonds is 5. The quantitative estimate of drug-likeness (QED) is 0.871. The van der Waals surface area contributed by atoms with Gasteiger partial charge in [-0.2, -0.15) is 0 Å². The van der Waals surface area contributed by atoms with Gasteiger partial charge in [-0.3, -0.25) is 4.79 Å². The maximum Gasteiger partial charge on any atom is 0.573 e. The van der Waals surface area contributed by atoms with Gasteiger partial charge >= 0.3 is 12.3 Å². The van der Waals surface area contributed by atoms with E-state index in [1.807, 2.05) is 0 Å². The standard InChI is InChI=1S/C15H14F3NO4/c16-15(17,18)23-10-4-1-3-9(7-10)8-19-13(20)11-5-2-6-12(11)14(21)22/h1,3-4,7H,2,5-6,8H2,(H,19,20)(H,21,22). The van der Waals surface area contributed by atoms with Crippen LogP contribution in [-0.4, -0.2) is 23.3 Å². The molecule has 1 aliphatic rings. The molecule has 0 fully saturated rings. The van der Waals surface area contributed by atoms with Crippen LogP contribution in [0, 0.1) is 0 Å². The second-order valence-electron chi connectivity index (χ2n) is 4.99. The number of hydrogen-bond donors (Lipinski definition) is 2. The Kier molecular flexibility index (Phi) is 4.92. The normalized spacial score (nSPS) is 14.7. The number of ether oxygens (including phenoxy) is 1. The van der Waals surface area contributed by atoms with Crippen LogP contribution in [0.4, 0.5) is 13.2 Å². The monoisotopic (exact) mass is 329 g/mol. The van der Waals surface area contributed by atoms with E-state index in [-0.39, 0.29) is 23.4 Å². The van der Waals surface area contributed by atoms with Gasteiger partial charge in [0.2, 0.25) is 5.91 Å². The Balaban J connectivity index is 2.01. The third kappa shape index (κ3) is 4.73. The fraction of sp³-hybridized carbons (Fsp3) is 0.333. The summed E-state index contributed by atoms with van der Waals surface area (Å²) in [4.78, 5) is 23.0. The first-order valence-corrected chi connectivity index (χ1v) is 6.84. The fourth-order valence-electron chi connectivity index (χ4n) is 2.37. The lowest BCUT2D eigenvalue weighted by Gasteiger charge is -2.11. The molecule has 0 heterocycles. The van der Waals surface area contributed by atoms with E-state index in [1.165, 1.54) is 12.1 Å². The summed E-state index contributed by atoms with van der Waals surface area (Å²) in [6.45, 7) is -0.0235. The number of halogens is 3. The van der Waals surface area contributed by atoms with Crippen LogP contribution in [0.15, 0.2) is 35.4 Å². The molecule has 0 radical (unpaired) electrons. The number of alkyl halides is 3. The molecule has 0 bridgehead atoms. The predicted molar refractivity (Wildman–Crippen MR) is 73.5 cm³/mol. The van der Waals surface area contributed by atoms with Crippen molar-refractivity contribution in [2.24, 2.45) is 0 Å². The van der Waals surface area contributed by atoms with Crippen LogP contribution in [0.2, 0.25) is 0 Å². The van der Waals surface area contributed by atoms with Crippen LogP contribution in [-0.2, 0) is 16.1 Å². The van der Waals surface area contributed by atoms with E-state index < -0.39 is 18.2 Å². The molecule has 5 nitrogen and oxygen atoms in total. The maximum absolute atomic E-state index is 12.2. The van der Waals surface area contributed by atoms with Crippen molar-refractivity contribution in [3.63, 3.8) is 0 Å². The van der Waals surface area contributed by atoms with Crippen molar-refractivity contribution in [2.45, 2.75) is 32.2 Å². The molecule has 0 atom stereocenters. The molecule has 0 saturated heterocycles. The molecule has 1 amide bonds. The molecule has 0 aliphatic heterocycles. The number of carbonyl (C=O) groups excluding carboxylic acids is 1. The zero-order valence-corrected chi connectivity index (χ0v) is 11.9. The minimum absolute atomic E-state index is 0.0235. The van der Waals surface area contributed by atoms with E-state index in [1.54, 1.807) is 0 Å². The molecular formula is C15H14F3NO4. The summed E-state index contributed by atoms with van der Waals surface area (Å²) in [5.41, 5.74) is 0.729. The van der Waals surface area contributed by atoms with Crippen LogP contribution in [0.1, 0.15) is 24.8 Å². The first-order valence-electron chi connectivity index (χ1n) is 6.84. The van der Waals surface area contributed by atoms with Crippen molar-refractivity contribution < 1.29 is 32.6 Å². The summed E-state index contributed by atoms with van der Waals surface area (Å²) in [5.74, 6) is -2.01. The Morgan fingerprint density at radius 3 is 2.57 bits per heavy atom. The highest BCUT2D eigenvalue weighted by Crippen LogP contribution is 2.26. The second kappa shape index (κ2) is 6.72. The lowest BCUT2D eigenvalue weighted by molar-refractivity contribution is -0.274. The van der Waals surface area contributed by atoms with Gasteiger partial charge in [-0.05, 0) is 37.0 Å². The average Bonchev–Trinajstić information content (AvgIpc) is 2.93. The second-order valence-corrected chi connectivity index (χ2v) is 4.99. The van der Waals surface area contributed by atoms with E-state index >= 15 is 0 Å². The van der Waals surface area contributed by atoms with Gasteiger partial charge in [0.25, 0.3) is 0 Å². The van der Waals surface area contributed by atoms with E-state index in [0.717, 1.165) is 12.1 Å². The Morgan fingerprint density at radius 2 is 1.91 bits per heavy atom. The molecule has 1 aliphatic carbocycles. The number of nitrogens with one attached hydrogen (secondary N) is 1. The van der Waals surface area contributed by atoms with Crippen molar-refractivity contribution in [1.82, 2.24) is 5.32 Å². The smallest absolute Gasteiger partial charge is 0.478 e. The molecule has 0 spiro atoms. The van der Waals surface area contributed by atoms with Gasteiger partial charge in [-0.1, -0.05) is 12.1 Å². The van der Waals surface area contributed by atoms with E-state index in [0.29, 0.717) is 24.8 Å². The number of carboxylic acids is 1. The average molecular weight is 329 g/mol. The van der Waals surface area contributed by atoms with Gasteiger partial charge in [0.1, 0.15) is 5.75 Å². The molecule has 0 aromatic heterocycles. The van der Waals surface area contributed by atoms with E-state index in [4.69, 9.17) is 5.11 Å². The van der Waals surface area contributed by atoms with Crippen LogP contribution in [0.5, 0.6) is 5.75 Å². The molecule has 1 aromatic carbocycles. The SMILES string of the molecule is O=C(O)C1=C(C(=O)NCc2cccc(OC(F)(F)F)c2)CCC1. The highest BCUT2D eigenvalue weighted by atomic mass is 19.4. The number of carboxylic acid groups (broad SMARTS) is 1. The summed E-state index contributed by atoms with van der Waals surface area (Å²) >= 11 is 0. The number of benzene rings is 1. The molecule has 1 aromatic rings. The molecule has 124 valence electrons. The molecule has 2 rings (SSSR count). The summed E-state index contributed by atoms with van der Waals surface area (Å²) < 4.78 is 40.3. The van der Waals surface area contributed by atoms with Crippen LogP contribution in [0.3, 0.4) is 0 Å². The molecule has 0 unspecified atom stereocenters. The minimum Gasteiger partial charge on any atom is -0.478 e. The van der Waals surface area contributed by atoms with Gasteiger partial charge in [0.15, 0.2) is 0 Å². The highest BCUT2D eigenvalue weighted by Gasteiger charge is 2.31. The molecule has 8 heteroatoms. The van der Waals surface area contributed by atoms with Gasteiger partial charge in [-0.15, -0.1) is 13.2 Å². The third-order valence-electron chi connectivity index (χ3n) is 3.34. The zero-order valence-electron chi connectivity index (χ0n) is 11.9. The third-order valence-corrected chi connectivity index (χ3v) is 3.34. The number of hydrogen-bond acceptors (Lipinski definition) is 3. The van der Waals surface area contributed by atoms with Gasteiger partial charge in [0, 0.05) is 17.7 Å². The van der Waals surface area contributed by atoms with E-state index in [9.17, 15) is 22.8 Å². The Bertz CT molecular complexity index is 652. The van der Waals surface area contributed by atoms with Gasteiger partial charge in [0.05, 0.1) is 0 Å². The maximum atomic E-state index is 12.2. The summed E-state index contributed by atoms with van der Waals surface area (Å²) in [6, 6.07) is 5.22. The number of amides is 1. The highest BCUT2D eigenvalue weighted by molar-refractivity contribution is 6.02. The van der Waals surface area contributed by atoms with Crippen molar-refractivity contribution in [2.75, 3.05) is 0 Å². The first-order chi connectivity index (χ1) is 10.8. The molecule has 23 heavy (non-hydrogen) atoms. The van der Waals surface area contributed by atoms with Crippen molar-refractivity contribution in [3.05, 3.63) is 41.0 Å². The van der Waals surface area contributed by atoms with Crippen LogP contribution >= 0.6 is 0 Å². The lowest BCUT2D eigenvalue weighted by atomic mass is 10.1. The zero-order chi connectivity index (χ0) is 17.0. The van der Waals surface area contributed by atoms with Gasteiger partial charge in [-0.25, -0.2) is 4.79 Å².